The van der Waals surface area contributed by atoms with Gasteiger partial charge in [-0.3, -0.25) is 0 Å². The Bertz CT molecular complexity index is 798. The van der Waals surface area contributed by atoms with Gasteiger partial charge in [-0.2, -0.15) is 0 Å². The van der Waals surface area contributed by atoms with Gasteiger partial charge >= 0.3 is 0 Å². The Kier molecular flexibility index (Phi) is 5.57. The Balaban J connectivity index is 1.64. The number of nitrogens with one attached hydrogen (secondary N) is 1. The highest BCUT2D eigenvalue weighted by Gasteiger charge is 2.09. The first-order valence-electron chi connectivity index (χ1n) is 7.96. The molecular weight excluding hydrogens is 337 g/mol. The van der Waals surface area contributed by atoms with Crippen LogP contribution >= 0.6 is 23.2 Å². The molecule has 0 heterocycles. The van der Waals surface area contributed by atoms with E-state index in [0.29, 0.717) is 10.0 Å². The molecule has 0 aliphatic heterocycles. The van der Waals surface area contributed by atoms with Crippen LogP contribution in [-0.4, -0.2) is 0 Å². The maximum Gasteiger partial charge on any atom is 0.0468 e. The van der Waals surface area contributed by atoms with Gasteiger partial charge in [0.15, 0.2) is 0 Å². The molecule has 0 saturated heterocycles. The lowest BCUT2D eigenvalue weighted by molar-refractivity contribution is 0.575. The van der Waals surface area contributed by atoms with Crippen LogP contribution in [0.5, 0.6) is 0 Å². The van der Waals surface area contributed by atoms with Crippen molar-refractivity contribution in [1.29, 1.82) is 0 Å². The third-order valence-electron chi connectivity index (χ3n) is 4.10. The zero-order chi connectivity index (χ0) is 16.9. The van der Waals surface area contributed by atoms with E-state index in [1.807, 2.05) is 18.2 Å². The van der Waals surface area contributed by atoms with Crippen LogP contribution in [0.25, 0.3) is 11.1 Å². The van der Waals surface area contributed by atoms with Gasteiger partial charge in [-0.25, -0.2) is 0 Å². The number of rotatable bonds is 5. The first kappa shape index (κ1) is 17.0. The van der Waals surface area contributed by atoms with E-state index < -0.39 is 0 Å². The van der Waals surface area contributed by atoms with E-state index in [4.69, 9.17) is 23.2 Å². The quantitative estimate of drug-likeness (QED) is 0.549. The number of benzene rings is 3. The molecule has 1 atom stereocenters. The molecule has 0 aliphatic carbocycles. The summed E-state index contributed by atoms with van der Waals surface area (Å²) in [7, 11) is 0. The Labute approximate surface area is 153 Å². The maximum atomic E-state index is 6.27. The molecule has 0 amide bonds. The van der Waals surface area contributed by atoms with Gasteiger partial charge in [0.1, 0.15) is 0 Å². The van der Waals surface area contributed by atoms with E-state index in [9.17, 15) is 0 Å². The summed E-state index contributed by atoms with van der Waals surface area (Å²) in [5.74, 6) is 0. The molecule has 0 unspecified atom stereocenters. The summed E-state index contributed by atoms with van der Waals surface area (Å²) in [5, 5.41) is 4.86. The second-order valence-electron chi connectivity index (χ2n) is 5.83. The second-order valence-corrected chi connectivity index (χ2v) is 6.68. The van der Waals surface area contributed by atoms with Gasteiger partial charge in [0.25, 0.3) is 0 Å². The van der Waals surface area contributed by atoms with Crippen LogP contribution in [0.3, 0.4) is 0 Å². The Morgan fingerprint density at radius 2 is 1.50 bits per heavy atom. The minimum absolute atomic E-state index is 0.156. The van der Waals surface area contributed by atoms with Crippen LogP contribution in [0.1, 0.15) is 24.1 Å². The maximum absolute atomic E-state index is 6.27. The molecule has 1 nitrogen and oxygen atoms in total. The van der Waals surface area contributed by atoms with Crippen molar-refractivity contribution >= 4 is 23.2 Å². The van der Waals surface area contributed by atoms with Crippen molar-refractivity contribution < 1.29 is 0 Å². The van der Waals surface area contributed by atoms with Crippen molar-refractivity contribution in [1.82, 2.24) is 5.32 Å². The van der Waals surface area contributed by atoms with E-state index in [0.717, 1.165) is 12.1 Å². The van der Waals surface area contributed by atoms with E-state index in [2.05, 4.69) is 60.8 Å². The topological polar surface area (TPSA) is 12.0 Å². The average molecular weight is 356 g/mol. The fourth-order valence-electron chi connectivity index (χ4n) is 2.68. The van der Waals surface area contributed by atoms with Gasteiger partial charge in [0, 0.05) is 22.6 Å². The van der Waals surface area contributed by atoms with Gasteiger partial charge in [-0.1, -0.05) is 83.9 Å². The molecule has 0 saturated carbocycles. The summed E-state index contributed by atoms with van der Waals surface area (Å²) >= 11 is 12.2. The minimum atomic E-state index is 0.156. The molecule has 0 spiro atoms. The van der Waals surface area contributed by atoms with E-state index in [1.54, 1.807) is 6.07 Å². The van der Waals surface area contributed by atoms with Crippen LogP contribution < -0.4 is 5.32 Å². The molecule has 3 aromatic carbocycles. The third kappa shape index (κ3) is 4.18. The van der Waals surface area contributed by atoms with Gasteiger partial charge < -0.3 is 5.32 Å². The third-order valence-corrected chi connectivity index (χ3v) is 4.66. The molecule has 0 aromatic heterocycles. The Morgan fingerprint density at radius 3 is 2.17 bits per heavy atom. The molecule has 3 aromatic rings. The van der Waals surface area contributed by atoms with Crippen LogP contribution in [0.4, 0.5) is 0 Å². The minimum Gasteiger partial charge on any atom is -0.306 e. The molecule has 0 aliphatic rings. The lowest BCUT2D eigenvalue weighted by atomic mass is 10.0. The van der Waals surface area contributed by atoms with Gasteiger partial charge in [-0.15, -0.1) is 0 Å². The normalized spacial score (nSPS) is 12.1. The average Bonchev–Trinajstić information content (AvgIpc) is 2.61. The predicted molar refractivity (Wildman–Crippen MR) is 104 cm³/mol. The van der Waals surface area contributed by atoms with Crippen LogP contribution in [0.2, 0.25) is 10.0 Å². The van der Waals surface area contributed by atoms with Gasteiger partial charge in [-0.05, 0) is 41.3 Å². The van der Waals surface area contributed by atoms with Crippen LogP contribution in [0, 0.1) is 0 Å². The summed E-state index contributed by atoms with van der Waals surface area (Å²) in [4.78, 5) is 0. The summed E-state index contributed by atoms with van der Waals surface area (Å²) in [6, 6.07) is 24.8. The first-order chi connectivity index (χ1) is 11.6. The highest BCUT2D eigenvalue weighted by Crippen LogP contribution is 2.26. The fourth-order valence-corrected chi connectivity index (χ4v) is 3.25. The largest absolute Gasteiger partial charge is 0.306 e. The molecule has 1 N–H and O–H groups in total. The van der Waals surface area contributed by atoms with Gasteiger partial charge in [0.2, 0.25) is 0 Å². The smallest absolute Gasteiger partial charge is 0.0468 e. The molecule has 0 fully saturated rings. The van der Waals surface area contributed by atoms with E-state index in [-0.39, 0.29) is 6.04 Å². The van der Waals surface area contributed by atoms with Crippen molar-refractivity contribution in [3.8, 4) is 11.1 Å². The van der Waals surface area contributed by atoms with Crippen molar-refractivity contribution in [2.24, 2.45) is 0 Å². The molecule has 3 heteroatoms. The Hall–Kier alpha value is -1.80. The molecule has 122 valence electrons. The number of halogens is 2. The SMILES string of the molecule is C[C@@H](NCc1ccc(-c2ccccc2)cc1)c1ccc(Cl)cc1Cl. The molecule has 3 rings (SSSR count). The first-order valence-corrected chi connectivity index (χ1v) is 8.72. The summed E-state index contributed by atoms with van der Waals surface area (Å²) in [5.41, 5.74) is 4.76. The van der Waals surface area contributed by atoms with E-state index >= 15 is 0 Å². The zero-order valence-electron chi connectivity index (χ0n) is 13.5. The standard InChI is InChI=1S/C21H19Cl2N/c1-15(20-12-11-19(22)13-21(20)23)24-14-16-7-9-18(10-8-16)17-5-3-2-4-6-17/h2-13,15,24H,14H2,1H3/t15-/m1/s1. The molecular formula is C21H19Cl2N. The van der Waals surface area contributed by atoms with E-state index in [1.165, 1.54) is 16.7 Å². The highest BCUT2D eigenvalue weighted by atomic mass is 35.5. The van der Waals surface area contributed by atoms with Crippen molar-refractivity contribution in [3.05, 3.63) is 94.0 Å². The van der Waals surface area contributed by atoms with Gasteiger partial charge in [0.05, 0.1) is 0 Å². The zero-order valence-corrected chi connectivity index (χ0v) is 15.0. The summed E-state index contributed by atoms with van der Waals surface area (Å²) < 4.78 is 0. The van der Waals surface area contributed by atoms with Crippen molar-refractivity contribution in [3.63, 3.8) is 0 Å². The number of hydrogen-bond acceptors (Lipinski definition) is 1. The van der Waals surface area contributed by atoms with Crippen molar-refractivity contribution in [2.75, 3.05) is 0 Å². The molecule has 0 radical (unpaired) electrons. The second kappa shape index (κ2) is 7.85. The molecule has 24 heavy (non-hydrogen) atoms. The summed E-state index contributed by atoms with van der Waals surface area (Å²) in [6.07, 6.45) is 0. The van der Waals surface area contributed by atoms with Crippen molar-refractivity contribution in [2.45, 2.75) is 19.5 Å². The highest BCUT2D eigenvalue weighted by molar-refractivity contribution is 6.35. The lowest BCUT2D eigenvalue weighted by Crippen LogP contribution is -2.18. The monoisotopic (exact) mass is 355 g/mol. The fraction of sp³-hybridized carbons (Fsp3) is 0.143. The predicted octanol–water partition coefficient (Wildman–Crippen LogP) is 6.51. The number of hydrogen-bond donors (Lipinski definition) is 1. The molecule has 0 bridgehead atoms. The van der Waals surface area contributed by atoms with Crippen LogP contribution in [0.15, 0.2) is 72.8 Å². The lowest BCUT2D eigenvalue weighted by Gasteiger charge is -2.16. The van der Waals surface area contributed by atoms with Crippen LogP contribution in [-0.2, 0) is 6.54 Å². The summed E-state index contributed by atoms with van der Waals surface area (Å²) in [6.45, 7) is 2.89. The Morgan fingerprint density at radius 1 is 0.833 bits per heavy atom.